The van der Waals surface area contributed by atoms with Gasteiger partial charge in [0, 0.05) is 12.8 Å². The van der Waals surface area contributed by atoms with Crippen molar-refractivity contribution in [1.82, 2.24) is 0 Å². The lowest BCUT2D eigenvalue weighted by atomic mass is 10.2. The van der Waals surface area contributed by atoms with Crippen molar-refractivity contribution in [2.75, 3.05) is 11.6 Å². The summed E-state index contributed by atoms with van der Waals surface area (Å²) in [6.45, 7) is 0.408. The number of benzene rings is 2. The van der Waals surface area contributed by atoms with Crippen molar-refractivity contribution in [2.45, 2.75) is 11.4 Å². The highest BCUT2D eigenvalue weighted by Gasteiger charge is 2.12. The second-order valence-corrected chi connectivity index (χ2v) is 7.21. The Hall–Kier alpha value is -1.40. The van der Waals surface area contributed by atoms with E-state index in [9.17, 15) is 12.8 Å². The largest absolute Gasteiger partial charge is 0.380 e. The van der Waals surface area contributed by atoms with Crippen molar-refractivity contribution >= 4 is 31.5 Å². The fraction of sp³-hybridized carbons (Fsp3) is 0.143. The molecule has 0 aliphatic carbocycles. The van der Waals surface area contributed by atoms with E-state index in [0.29, 0.717) is 16.7 Å². The van der Waals surface area contributed by atoms with Crippen LogP contribution in [0.3, 0.4) is 0 Å². The van der Waals surface area contributed by atoms with Crippen LogP contribution in [0.5, 0.6) is 0 Å². The van der Waals surface area contributed by atoms with Crippen molar-refractivity contribution in [2.24, 2.45) is 0 Å². The molecule has 0 radical (unpaired) electrons. The maximum absolute atomic E-state index is 13.1. The molecule has 3 nitrogen and oxygen atoms in total. The summed E-state index contributed by atoms with van der Waals surface area (Å²) < 4.78 is 36.9. The van der Waals surface area contributed by atoms with Gasteiger partial charge in [-0.3, -0.25) is 0 Å². The summed E-state index contributed by atoms with van der Waals surface area (Å²) in [5.74, 6) is -0.328. The van der Waals surface area contributed by atoms with E-state index in [1.54, 1.807) is 36.4 Å². The van der Waals surface area contributed by atoms with E-state index >= 15 is 0 Å². The average Bonchev–Trinajstić information content (AvgIpc) is 2.39. The third-order valence-corrected chi connectivity index (χ3v) is 4.52. The van der Waals surface area contributed by atoms with Crippen molar-refractivity contribution in [3.63, 3.8) is 0 Å². The van der Waals surface area contributed by atoms with Crippen molar-refractivity contribution in [1.29, 1.82) is 0 Å². The van der Waals surface area contributed by atoms with Crippen LogP contribution < -0.4 is 5.32 Å². The molecule has 0 spiro atoms. The minimum absolute atomic E-state index is 0.251. The molecule has 2 aromatic rings. The van der Waals surface area contributed by atoms with Gasteiger partial charge in [0.2, 0.25) is 0 Å². The molecule has 0 saturated heterocycles. The summed E-state index contributed by atoms with van der Waals surface area (Å²) in [7, 11) is -3.28. The molecule has 20 heavy (non-hydrogen) atoms. The first-order valence-corrected chi connectivity index (χ1v) is 8.53. The van der Waals surface area contributed by atoms with Crippen LogP contribution in [0.4, 0.5) is 10.1 Å². The lowest BCUT2D eigenvalue weighted by molar-refractivity contribution is 0.602. The van der Waals surface area contributed by atoms with Gasteiger partial charge >= 0.3 is 0 Å². The first-order valence-electron chi connectivity index (χ1n) is 5.85. The molecular weight excluding hydrogens is 345 g/mol. The van der Waals surface area contributed by atoms with Crippen LogP contribution in [-0.2, 0) is 16.4 Å². The SMILES string of the molecule is CS(=O)(=O)c1ccccc1NCc1ccc(F)c(Br)c1. The Kier molecular flexibility index (Phi) is 4.45. The van der Waals surface area contributed by atoms with Crippen molar-refractivity contribution < 1.29 is 12.8 Å². The van der Waals surface area contributed by atoms with Crippen LogP contribution in [0.1, 0.15) is 5.56 Å². The minimum Gasteiger partial charge on any atom is -0.380 e. The van der Waals surface area contributed by atoms with Gasteiger partial charge in [0.05, 0.1) is 15.1 Å². The van der Waals surface area contributed by atoms with Crippen LogP contribution in [0.15, 0.2) is 51.8 Å². The lowest BCUT2D eigenvalue weighted by Gasteiger charge is -2.11. The minimum atomic E-state index is -3.28. The molecule has 0 heterocycles. The molecule has 0 aromatic heterocycles. The maximum Gasteiger partial charge on any atom is 0.177 e. The molecule has 0 unspecified atom stereocenters. The summed E-state index contributed by atoms with van der Waals surface area (Å²) in [6, 6.07) is 11.4. The Balaban J connectivity index is 2.21. The Labute approximate surface area is 125 Å². The van der Waals surface area contributed by atoms with Crippen LogP contribution >= 0.6 is 15.9 Å². The van der Waals surface area contributed by atoms with Gasteiger partial charge in [-0.25, -0.2) is 12.8 Å². The Morgan fingerprint density at radius 3 is 2.55 bits per heavy atom. The Morgan fingerprint density at radius 2 is 1.90 bits per heavy atom. The first kappa shape index (κ1) is 15.0. The van der Waals surface area contributed by atoms with Gasteiger partial charge in [0.1, 0.15) is 5.82 Å². The molecular formula is C14H13BrFNO2S. The van der Waals surface area contributed by atoms with Crippen LogP contribution in [0, 0.1) is 5.82 Å². The van der Waals surface area contributed by atoms with Crippen LogP contribution in [-0.4, -0.2) is 14.7 Å². The first-order chi connectivity index (χ1) is 9.38. The Bertz CT molecular complexity index is 732. The van der Waals surface area contributed by atoms with E-state index in [2.05, 4.69) is 21.2 Å². The third kappa shape index (κ3) is 3.58. The van der Waals surface area contributed by atoms with Crippen molar-refractivity contribution in [3.8, 4) is 0 Å². The molecule has 0 atom stereocenters. The van der Waals surface area contributed by atoms with E-state index < -0.39 is 9.84 Å². The number of nitrogens with one attached hydrogen (secondary N) is 1. The summed E-state index contributed by atoms with van der Waals surface area (Å²) in [5.41, 5.74) is 1.39. The van der Waals surface area contributed by atoms with Crippen molar-refractivity contribution in [3.05, 3.63) is 58.3 Å². The zero-order valence-electron chi connectivity index (χ0n) is 10.7. The molecule has 0 saturated carbocycles. The molecule has 2 rings (SSSR count). The number of para-hydroxylation sites is 1. The third-order valence-electron chi connectivity index (χ3n) is 2.75. The molecule has 6 heteroatoms. The van der Waals surface area contributed by atoms with Gasteiger partial charge in [-0.1, -0.05) is 18.2 Å². The van der Waals surface area contributed by atoms with Gasteiger partial charge < -0.3 is 5.32 Å². The molecule has 0 bridgehead atoms. The quantitative estimate of drug-likeness (QED) is 0.908. The van der Waals surface area contributed by atoms with E-state index in [1.165, 1.54) is 12.3 Å². The second kappa shape index (κ2) is 5.93. The highest BCUT2D eigenvalue weighted by atomic mass is 79.9. The fourth-order valence-corrected chi connectivity index (χ4v) is 3.07. The lowest BCUT2D eigenvalue weighted by Crippen LogP contribution is -2.06. The van der Waals surface area contributed by atoms with Gasteiger partial charge in [-0.05, 0) is 45.8 Å². The number of halogens is 2. The van der Waals surface area contributed by atoms with Gasteiger partial charge in [-0.15, -0.1) is 0 Å². The molecule has 0 amide bonds. The molecule has 0 fully saturated rings. The van der Waals surface area contributed by atoms with Gasteiger partial charge in [0.15, 0.2) is 9.84 Å². The average molecular weight is 358 g/mol. The molecule has 0 aliphatic heterocycles. The van der Waals surface area contributed by atoms with Gasteiger partial charge in [-0.2, -0.15) is 0 Å². The van der Waals surface area contributed by atoms with E-state index in [4.69, 9.17) is 0 Å². The Morgan fingerprint density at radius 1 is 1.20 bits per heavy atom. The second-order valence-electron chi connectivity index (χ2n) is 4.37. The monoisotopic (exact) mass is 357 g/mol. The summed E-state index contributed by atoms with van der Waals surface area (Å²) >= 11 is 3.12. The number of hydrogen-bond donors (Lipinski definition) is 1. The van der Waals surface area contributed by atoms with Crippen LogP contribution in [0.25, 0.3) is 0 Å². The zero-order chi connectivity index (χ0) is 14.8. The van der Waals surface area contributed by atoms with Gasteiger partial charge in [0.25, 0.3) is 0 Å². The van der Waals surface area contributed by atoms with E-state index in [-0.39, 0.29) is 10.7 Å². The number of anilines is 1. The topological polar surface area (TPSA) is 46.2 Å². The van der Waals surface area contributed by atoms with Crippen LogP contribution in [0.2, 0.25) is 0 Å². The smallest absolute Gasteiger partial charge is 0.177 e. The summed E-state index contributed by atoms with van der Waals surface area (Å²) in [5, 5.41) is 3.06. The molecule has 2 aromatic carbocycles. The predicted molar refractivity (Wildman–Crippen MR) is 81.0 cm³/mol. The standard InChI is InChI=1S/C14H13BrFNO2S/c1-20(18,19)14-5-3-2-4-13(14)17-9-10-6-7-12(16)11(15)8-10/h2-8,17H,9H2,1H3. The molecule has 0 aliphatic rings. The van der Waals surface area contributed by atoms with E-state index in [0.717, 1.165) is 5.56 Å². The summed E-state index contributed by atoms with van der Waals surface area (Å²) in [6.07, 6.45) is 1.17. The normalized spacial score (nSPS) is 11.3. The number of hydrogen-bond acceptors (Lipinski definition) is 3. The zero-order valence-corrected chi connectivity index (χ0v) is 13.1. The highest BCUT2D eigenvalue weighted by molar-refractivity contribution is 9.10. The molecule has 106 valence electrons. The fourth-order valence-electron chi connectivity index (χ4n) is 1.78. The molecule has 1 N–H and O–H groups in total. The highest BCUT2D eigenvalue weighted by Crippen LogP contribution is 2.22. The number of rotatable bonds is 4. The summed E-state index contributed by atoms with van der Waals surface area (Å²) in [4.78, 5) is 0.251. The predicted octanol–water partition coefficient (Wildman–Crippen LogP) is 3.60. The maximum atomic E-state index is 13.1. The van der Waals surface area contributed by atoms with E-state index in [1.807, 2.05) is 0 Å². The number of sulfone groups is 1.